The molecule has 0 aliphatic heterocycles. The summed E-state index contributed by atoms with van der Waals surface area (Å²) in [6, 6.07) is 7.12. The molecule has 0 aliphatic rings. The van der Waals surface area contributed by atoms with E-state index in [1.165, 1.54) is 0 Å². The molecule has 1 heterocycles. The first-order valence-electron chi connectivity index (χ1n) is 5.34. The Bertz CT molecular complexity index is 608. The van der Waals surface area contributed by atoms with E-state index in [-0.39, 0.29) is 15.0 Å². The SMILES string of the molecule is CCOc1ccc(-c2nc(O)c(I)c(=O)[nH]2)cc1. The largest absolute Gasteiger partial charge is 0.494 e. The predicted octanol–water partition coefficient (Wildman–Crippen LogP) is 2.15. The number of hydrogen-bond acceptors (Lipinski definition) is 4. The van der Waals surface area contributed by atoms with E-state index in [9.17, 15) is 9.90 Å². The second-order valence-corrected chi connectivity index (χ2v) is 4.59. The Balaban J connectivity index is 2.40. The van der Waals surface area contributed by atoms with Gasteiger partial charge in [-0.25, -0.2) is 0 Å². The first-order chi connectivity index (χ1) is 8.61. The highest BCUT2D eigenvalue weighted by Gasteiger charge is 2.08. The number of H-pyrrole nitrogens is 1. The van der Waals surface area contributed by atoms with Crippen LogP contribution in [0.25, 0.3) is 11.4 Å². The lowest BCUT2D eigenvalue weighted by molar-refractivity contribution is 0.340. The van der Waals surface area contributed by atoms with Gasteiger partial charge in [-0.1, -0.05) is 0 Å². The van der Waals surface area contributed by atoms with Crippen LogP contribution in [0.2, 0.25) is 0 Å². The maximum atomic E-state index is 11.5. The zero-order valence-corrected chi connectivity index (χ0v) is 11.8. The van der Waals surface area contributed by atoms with E-state index < -0.39 is 0 Å². The third kappa shape index (κ3) is 2.63. The second kappa shape index (κ2) is 5.38. The van der Waals surface area contributed by atoms with Gasteiger partial charge in [0.15, 0.2) is 0 Å². The highest BCUT2D eigenvalue weighted by Crippen LogP contribution is 2.21. The molecule has 0 saturated carbocycles. The molecule has 0 fully saturated rings. The molecule has 94 valence electrons. The van der Waals surface area contributed by atoms with Gasteiger partial charge in [0.05, 0.1) is 6.61 Å². The molecule has 0 saturated heterocycles. The lowest BCUT2D eigenvalue weighted by atomic mass is 10.2. The van der Waals surface area contributed by atoms with Crippen LogP contribution >= 0.6 is 22.6 Å². The van der Waals surface area contributed by atoms with Crippen molar-refractivity contribution >= 4 is 22.6 Å². The molecule has 0 radical (unpaired) electrons. The van der Waals surface area contributed by atoms with Crippen molar-refractivity contribution < 1.29 is 9.84 Å². The summed E-state index contributed by atoms with van der Waals surface area (Å²) in [7, 11) is 0. The Morgan fingerprint density at radius 1 is 1.39 bits per heavy atom. The van der Waals surface area contributed by atoms with Gasteiger partial charge in [-0.15, -0.1) is 0 Å². The summed E-state index contributed by atoms with van der Waals surface area (Å²) in [6.45, 7) is 2.50. The molecule has 0 unspecified atom stereocenters. The first-order valence-corrected chi connectivity index (χ1v) is 6.41. The van der Waals surface area contributed by atoms with E-state index in [1.54, 1.807) is 46.9 Å². The smallest absolute Gasteiger partial charge is 0.268 e. The van der Waals surface area contributed by atoms with Crippen LogP contribution < -0.4 is 10.3 Å². The van der Waals surface area contributed by atoms with Gasteiger partial charge >= 0.3 is 0 Å². The van der Waals surface area contributed by atoms with Crippen LogP contribution in [0.5, 0.6) is 11.6 Å². The zero-order valence-electron chi connectivity index (χ0n) is 9.61. The number of ether oxygens (including phenoxy) is 1. The topological polar surface area (TPSA) is 75.2 Å². The molecule has 2 rings (SSSR count). The minimum absolute atomic E-state index is 0.183. The average Bonchev–Trinajstić information content (AvgIpc) is 2.37. The molecule has 6 heteroatoms. The lowest BCUT2D eigenvalue weighted by Gasteiger charge is -2.05. The molecule has 0 bridgehead atoms. The third-order valence-electron chi connectivity index (χ3n) is 2.28. The normalized spacial score (nSPS) is 10.3. The maximum Gasteiger partial charge on any atom is 0.268 e. The van der Waals surface area contributed by atoms with Crippen molar-refractivity contribution in [3.63, 3.8) is 0 Å². The van der Waals surface area contributed by atoms with Crippen LogP contribution in [0.4, 0.5) is 0 Å². The van der Waals surface area contributed by atoms with Crippen LogP contribution in [0.1, 0.15) is 6.92 Å². The molecule has 0 aliphatic carbocycles. The molecule has 1 aromatic carbocycles. The van der Waals surface area contributed by atoms with E-state index >= 15 is 0 Å². The molecule has 2 N–H and O–H groups in total. The first kappa shape index (κ1) is 12.9. The standard InChI is InChI=1S/C12H11IN2O3/c1-2-18-8-5-3-7(4-6-8)10-14-11(16)9(13)12(17)15-10/h3-6H,2H2,1H3,(H2,14,15,16,17). The van der Waals surface area contributed by atoms with Crippen LogP contribution in [0.3, 0.4) is 0 Å². The van der Waals surface area contributed by atoms with E-state index in [2.05, 4.69) is 9.97 Å². The molecule has 5 nitrogen and oxygen atoms in total. The van der Waals surface area contributed by atoms with Crippen molar-refractivity contribution in [1.29, 1.82) is 0 Å². The number of benzene rings is 1. The third-order valence-corrected chi connectivity index (χ3v) is 3.26. The molecule has 0 atom stereocenters. The van der Waals surface area contributed by atoms with Gasteiger partial charge in [-0.2, -0.15) is 4.98 Å². The van der Waals surface area contributed by atoms with Gasteiger partial charge in [-0.3, -0.25) is 4.79 Å². The second-order valence-electron chi connectivity index (χ2n) is 3.51. The van der Waals surface area contributed by atoms with Crippen molar-refractivity contribution in [3.05, 3.63) is 38.2 Å². The lowest BCUT2D eigenvalue weighted by Crippen LogP contribution is -2.12. The van der Waals surface area contributed by atoms with Crippen molar-refractivity contribution in [2.45, 2.75) is 6.92 Å². The fourth-order valence-electron chi connectivity index (χ4n) is 1.46. The van der Waals surface area contributed by atoms with Gasteiger partial charge in [-0.05, 0) is 53.8 Å². The fraction of sp³-hybridized carbons (Fsp3) is 0.167. The van der Waals surface area contributed by atoms with Crippen LogP contribution in [0, 0.1) is 3.57 Å². The van der Waals surface area contributed by atoms with E-state index in [0.29, 0.717) is 18.0 Å². The summed E-state index contributed by atoms with van der Waals surface area (Å²) in [5, 5.41) is 9.52. The average molecular weight is 358 g/mol. The number of aromatic nitrogens is 2. The number of aromatic amines is 1. The molecular weight excluding hydrogens is 347 g/mol. The van der Waals surface area contributed by atoms with Crippen LogP contribution in [-0.4, -0.2) is 21.7 Å². The predicted molar refractivity (Wildman–Crippen MR) is 75.8 cm³/mol. The fourth-order valence-corrected chi connectivity index (χ4v) is 1.71. The number of rotatable bonds is 3. The van der Waals surface area contributed by atoms with E-state index in [1.807, 2.05) is 6.92 Å². The number of hydrogen-bond donors (Lipinski definition) is 2. The summed E-state index contributed by atoms with van der Waals surface area (Å²) >= 11 is 1.74. The maximum absolute atomic E-state index is 11.5. The Labute approximate surface area is 117 Å². The van der Waals surface area contributed by atoms with Crippen molar-refractivity contribution in [1.82, 2.24) is 9.97 Å². The number of nitrogens with one attached hydrogen (secondary N) is 1. The molecular formula is C12H11IN2O3. The number of nitrogens with zero attached hydrogens (tertiary/aromatic N) is 1. The molecule has 18 heavy (non-hydrogen) atoms. The number of halogens is 1. The van der Waals surface area contributed by atoms with E-state index in [0.717, 1.165) is 5.75 Å². The molecule has 0 amide bonds. The van der Waals surface area contributed by atoms with Gasteiger partial charge < -0.3 is 14.8 Å². The summed E-state index contributed by atoms with van der Waals surface area (Å²) in [4.78, 5) is 18.1. The quantitative estimate of drug-likeness (QED) is 0.825. The van der Waals surface area contributed by atoms with E-state index in [4.69, 9.17) is 4.74 Å². The Morgan fingerprint density at radius 3 is 2.61 bits per heavy atom. The van der Waals surface area contributed by atoms with Crippen molar-refractivity contribution in [2.24, 2.45) is 0 Å². The van der Waals surface area contributed by atoms with Crippen molar-refractivity contribution in [2.75, 3.05) is 6.61 Å². The molecule has 1 aromatic heterocycles. The van der Waals surface area contributed by atoms with Crippen LogP contribution in [-0.2, 0) is 0 Å². The zero-order chi connectivity index (χ0) is 13.1. The van der Waals surface area contributed by atoms with Gasteiger partial charge in [0.25, 0.3) is 5.56 Å². The summed E-state index contributed by atoms with van der Waals surface area (Å²) < 4.78 is 5.50. The Morgan fingerprint density at radius 2 is 2.06 bits per heavy atom. The van der Waals surface area contributed by atoms with Gasteiger partial charge in [0.2, 0.25) is 5.88 Å². The van der Waals surface area contributed by atoms with Gasteiger partial charge in [0, 0.05) is 5.56 Å². The monoisotopic (exact) mass is 358 g/mol. The summed E-state index contributed by atoms with van der Waals surface area (Å²) in [6.07, 6.45) is 0. The molecule has 0 spiro atoms. The Hall–Kier alpha value is -1.57. The summed E-state index contributed by atoms with van der Waals surface area (Å²) in [5.74, 6) is 0.822. The minimum Gasteiger partial charge on any atom is -0.494 e. The minimum atomic E-state index is -0.355. The number of aromatic hydroxyl groups is 1. The summed E-state index contributed by atoms with van der Waals surface area (Å²) in [5.41, 5.74) is 0.356. The van der Waals surface area contributed by atoms with Crippen LogP contribution in [0.15, 0.2) is 29.1 Å². The highest BCUT2D eigenvalue weighted by atomic mass is 127. The van der Waals surface area contributed by atoms with Gasteiger partial charge in [0.1, 0.15) is 15.1 Å². The Kier molecular flexibility index (Phi) is 3.85. The molecule has 2 aromatic rings. The van der Waals surface area contributed by atoms with Crippen molar-refractivity contribution in [3.8, 4) is 23.0 Å². The highest BCUT2D eigenvalue weighted by molar-refractivity contribution is 14.1.